The van der Waals surface area contributed by atoms with E-state index in [0.717, 1.165) is 17.4 Å². The highest BCUT2D eigenvalue weighted by Crippen LogP contribution is 2.32. The summed E-state index contributed by atoms with van der Waals surface area (Å²) in [5.41, 5.74) is 3.73. The average Bonchev–Trinajstić information content (AvgIpc) is 3.33. The van der Waals surface area contributed by atoms with Crippen LogP contribution in [0.15, 0.2) is 82.4 Å². The van der Waals surface area contributed by atoms with Crippen LogP contribution in [0.4, 0.5) is 5.69 Å². The number of amides is 1. The number of rotatable bonds is 5. The van der Waals surface area contributed by atoms with E-state index in [-0.39, 0.29) is 16.2 Å². The molecule has 1 aromatic heterocycles. The van der Waals surface area contributed by atoms with Gasteiger partial charge in [-0.1, -0.05) is 56.6 Å². The minimum absolute atomic E-state index is 0.0392. The number of aromatic nitrogens is 1. The summed E-state index contributed by atoms with van der Waals surface area (Å²) >= 11 is 6.28. The Morgan fingerprint density at radius 2 is 1.69 bits per heavy atom. The first-order valence-electron chi connectivity index (χ1n) is 10.9. The van der Waals surface area contributed by atoms with Crippen molar-refractivity contribution in [2.45, 2.75) is 31.1 Å². The molecule has 1 amide bonds. The molecule has 0 aliphatic rings. The summed E-state index contributed by atoms with van der Waals surface area (Å²) in [6, 6.07) is 17.3. The first-order valence-corrected chi connectivity index (χ1v) is 13.2. The van der Waals surface area contributed by atoms with Gasteiger partial charge in [0.1, 0.15) is 6.26 Å². The van der Waals surface area contributed by atoms with E-state index < -0.39 is 9.84 Å². The second-order valence-corrected chi connectivity index (χ2v) is 11.7. The molecule has 180 valence electrons. The molecule has 3 aromatic carbocycles. The largest absolute Gasteiger partial charge is 0.444 e. The maximum atomic E-state index is 13.3. The van der Waals surface area contributed by atoms with Crippen molar-refractivity contribution in [2.75, 3.05) is 11.6 Å². The van der Waals surface area contributed by atoms with Crippen molar-refractivity contribution in [1.82, 2.24) is 4.98 Å². The number of hydrogen-bond donors (Lipinski definition) is 1. The number of carbonyl (C=O) groups is 1. The fourth-order valence-corrected chi connectivity index (χ4v) is 4.51. The summed E-state index contributed by atoms with van der Waals surface area (Å²) in [5.74, 6) is -0.0520. The monoisotopic (exact) mass is 508 g/mol. The molecule has 0 aliphatic carbocycles. The molecule has 8 heteroatoms. The minimum Gasteiger partial charge on any atom is -0.444 e. The Hall–Kier alpha value is -3.42. The molecule has 4 rings (SSSR count). The van der Waals surface area contributed by atoms with Crippen LogP contribution in [0.1, 0.15) is 36.7 Å². The first-order chi connectivity index (χ1) is 16.4. The van der Waals surface area contributed by atoms with Gasteiger partial charge < -0.3 is 9.73 Å². The Kier molecular flexibility index (Phi) is 6.58. The quantitative estimate of drug-likeness (QED) is 0.327. The Morgan fingerprint density at radius 1 is 0.971 bits per heavy atom. The maximum Gasteiger partial charge on any atom is 0.256 e. The zero-order chi connectivity index (χ0) is 25.4. The molecule has 0 bridgehead atoms. The number of sulfone groups is 1. The van der Waals surface area contributed by atoms with Crippen LogP contribution in [0, 0.1) is 0 Å². The fraction of sp³-hybridized carbons (Fsp3) is 0.185. The predicted molar refractivity (Wildman–Crippen MR) is 139 cm³/mol. The summed E-state index contributed by atoms with van der Waals surface area (Å²) in [5, 5.41) is 3.31. The van der Waals surface area contributed by atoms with Gasteiger partial charge in [0.15, 0.2) is 9.84 Å². The summed E-state index contributed by atoms with van der Waals surface area (Å²) in [7, 11) is -3.47. The average molecular weight is 509 g/mol. The van der Waals surface area contributed by atoms with Crippen LogP contribution in [0.3, 0.4) is 0 Å². The second kappa shape index (κ2) is 9.32. The Labute approximate surface area is 209 Å². The van der Waals surface area contributed by atoms with Gasteiger partial charge in [-0.25, -0.2) is 13.4 Å². The number of nitrogens with one attached hydrogen (secondary N) is 1. The van der Waals surface area contributed by atoms with Gasteiger partial charge in [-0.05, 0) is 58.5 Å². The highest BCUT2D eigenvalue weighted by Gasteiger charge is 2.19. The van der Waals surface area contributed by atoms with Gasteiger partial charge >= 0.3 is 0 Å². The third-order valence-electron chi connectivity index (χ3n) is 5.61. The van der Waals surface area contributed by atoms with Crippen LogP contribution in [0.2, 0.25) is 5.02 Å². The van der Waals surface area contributed by atoms with Crippen molar-refractivity contribution >= 4 is 33.0 Å². The number of nitrogens with zero attached hydrogens (tertiary/aromatic N) is 1. The third kappa shape index (κ3) is 5.47. The standard InChI is InChI=1S/C27H25ClN2O4S/c1-27(2,3)18-7-5-17(6-8-18)22-16-20(35(4,32)33)10-11-21(22)25(31)30-19-9-12-24(28)23(15-19)26-29-13-14-34-26/h5-16H,1-4H3,(H,30,31). The summed E-state index contributed by atoms with van der Waals surface area (Å²) in [6.07, 6.45) is 4.10. The smallest absolute Gasteiger partial charge is 0.256 e. The molecule has 6 nitrogen and oxygen atoms in total. The normalized spacial score (nSPS) is 11.9. The van der Waals surface area contributed by atoms with Gasteiger partial charge in [-0.2, -0.15) is 0 Å². The van der Waals surface area contributed by atoms with Crippen LogP contribution < -0.4 is 5.32 Å². The fourth-order valence-electron chi connectivity index (χ4n) is 3.66. The van der Waals surface area contributed by atoms with E-state index in [1.54, 1.807) is 18.2 Å². The SMILES string of the molecule is CC(C)(C)c1ccc(-c2cc(S(C)(=O)=O)ccc2C(=O)Nc2ccc(Cl)c(-c3ncco3)c2)cc1. The predicted octanol–water partition coefficient (Wildman–Crippen LogP) is 6.62. The molecule has 1 N–H and O–H groups in total. The molecule has 35 heavy (non-hydrogen) atoms. The van der Waals surface area contributed by atoms with Crippen LogP contribution in [-0.4, -0.2) is 25.6 Å². The molecule has 4 aromatic rings. The molecule has 0 aliphatic heterocycles. The first kappa shape index (κ1) is 24.7. The number of anilines is 1. The van der Waals surface area contributed by atoms with E-state index >= 15 is 0 Å². The third-order valence-corrected chi connectivity index (χ3v) is 7.05. The Morgan fingerprint density at radius 3 is 2.29 bits per heavy atom. The molecular weight excluding hydrogens is 484 g/mol. The van der Waals surface area contributed by atoms with Crippen LogP contribution >= 0.6 is 11.6 Å². The molecule has 0 fully saturated rings. The summed E-state index contributed by atoms with van der Waals surface area (Å²) < 4.78 is 29.8. The number of carbonyl (C=O) groups excluding carboxylic acids is 1. The molecule has 0 spiro atoms. The zero-order valence-electron chi connectivity index (χ0n) is 19.8. The van der Waals surface area contributed by atoms with Crippen LogP contribution in [0.25, 0.3) is 22.6 Å². The zero-order valence-corrected chi connectivity index (χ0v) is 21.4. The highest BCUT2D eigenvalue weighted by atomic mass is 35.5. The number of oxazole rings is 1. The molecule has 0 atom stereocenters. The second-order valence-electron chi connectivity index (χ2n) is 9.29. The van der Waals surface area contributed by atoms with Crippen molar-refractivity contribution < 1.29 is 17.6 Å². The van der Waals surface area contributed by atoms with Crippen LogP contribution in [0.5, 0.6) is 0 Å². The minimum atomic E-state index is -3.47. The highest BCUT2D eigenvalue weighted by molar-refractivity contribution is 7.90. The summed E-state index contributed by atoms with van der Waals surface area (Å²) in [4.78, 5) is 17.6. The van der Waals surface area contributed by atoms with E-state index in [0.29, 0.717) is 33.3 Å². The number of halogens is 1. The van der Waals surface area contributed by atoms with E-state index in [1.807, 2.05) is 24.3 Å². The van der Waals surface area contributed by atoms with Crippen molar-refractivity contribution in [3.63, 3.8) is 0 Å². The van der Waals surface area contributed by atoms with Gasteiger partial charge in [0.2, 0.25) is 5.89 Å². The van der Waals surface area contributed by atoms with Crippen molar-refractivity contribution in [1.29, 1.82) is 0 Å². The van der Waals surface area contributed by atoms with E-state index in [1.165, 1.54) is 30.7 Å². The van der Waals surface area contributed by atoms with E-state index in [9.17, 15) is 13.2 Å². The van der Waals surface area contributed by atoms with E-state index in [2.05, 4.69) is 31.1 Å². The Balaban J connectivity index is 1.74. The van der Waals surface area contributed by atoms with Crippen molar-refractivity contribution in [2.24, 2.45) is 0 Å². The molecule has 0 radical (unpaired) electrons. The lowest BCUT2D eigenvalue weighted by Gasteiger charge is -2.19. The van der Waals surface area contributed by atoms with Crippen LogP contribution in [-0.2, 0) is 15.3 Å². The number of hydrogen-bond acceptors (Lipinski definition) is 5. The molecule has 1 heterocycles. The molecular formula is C27H25ClN2O4S. The lowest BCUT2D eigenvalue weighted by atomic mass is 9.86. The van der Waals surface area contributed by atoms with Gasteiger partial charge in [0.25, 0.3) is 5.91 Å². The summed E-state index contributed by atoms with van der Waals surface area (Å²) in [6.45, 7) is 6.34. The molecule has 0 saturated carbocycles. The Bertz CT molecular complexity index is 1490. The molecule has 0 unspecified atom stereocenters. The van der Waals surface area contributed by atoms with Gasteiger partial charge in [-0.3, -0.25) is 4.79 Å². The van der Waals surface area contributed by atoms with Gasteiger partial charge in [-0.15, -0.1) is 0 Å². The molecule has 0 saturated heterocycles. The van der Waals surface area contributed by atoms with Crippen molar-refractivity contribution in [3.8, 4) is 22.6 Å². The maximum absolute atomic E-state index is 13.3. The van der Waals surface area contributed by atoms with Gasteiger partial charge in [0.05, 0.1) is 21.7 Å². The lowest BCUT2D eigenvalue weighted by Crippen LogP contribution is -2.14. The van der Waals surface area contributed by atoms with Crippen molar-refractivity contribution in [3.05, 3.63) is 89.3 Å². The van der Waals surface area contributed by atoms with Gasteiger partial charge in [0, 0.05) is 17.5 Å². The lowest BCUT2D eigenvalue weighted by molar-refractivity contribution is 0.102. The topological polar surface area (TPSA) is 89.3 Å². The number of benzene rings is 3. The van der Waals surface area contributed by atoms with E-state index in [4.69, 9.17) is 16.0 Å².